The van der Waals surface area contributed by atoms with Crippen molar-refractivity contribution in [2.45, 2.75) is 110 Å². The predicted molar refractivity (Wildman–Crippen MR) is 321 cm³/mol. The first-order chi connectivity index (χ1) is 36.0. The van der Waals surface area contributed by atoms with E-state index in [9.17, 15) is 0 Å². The molecule has 3 nitrogen and oxygen atoms in total. The average molecular weight is 974 g/mol. The number of aryl methyl sites for hydroxylation is 2. The van der Waals surface area contributed by atoms with Crippen LogP contribution in [0.25, 0.3) is 22.3 Å². The number of hydrogen-bond acceptors (Lipinski definition) is 3. The first kappa shape index (κ1) is 47.2. The summed E-state index contributed by atoms with van der Waals surface area (Å²) in [7, 11) is 0. The molecule has 4 heteroatoms. The summed E-state index contributed by atoms with van der Waals surface area (Å²) in [4.78, 5) is 7.84. The molecule has 2 aliphatic carbocycles. The van der Waals surface area contributed by atoms with Crippen LogP contribution in [0, 0.1) is 13.8 Å². The van der Waals surface area contributed by atoms with E-state index in [-0.39, 0.29) is 28.4 Å². The highest BCUT2D eigenvalue weighted by molar-refractivity contribution is 7.00. The topological polar surface area (TPSA) is 9.72 Å². The molecule has 2 aliphatic heterocycles. The second-order valence-corrected chi connectivity index (χ2v) is 24.9. The van der Waals surface area contributed by atoms with Crippen molar-refractivity contribution in [2.75, 3.05) is 14.7 Å². The molecule has 9 aromatic carbocycles. The lowest BCUT2D eigenvalue weighted by molar-refractivity contribution is 0.332. The Hall–Kier alpha value is -7.56. The third-order valence-corrected chi connectivity index (χ3v) is 17.9. The molecule has 370 valence electrons. The van der Waals surface area contributed by atoms with Gasteiger partial charge in [0.25, 0.3) is 6.71 Å². The van der Waals surface area contributed by atoms with Gasteiger partial charge in [-0.25, -0.2) is 0 Å². The Bertz CT molecular complexity index is 3680. The van der Waals surface area contributed by atoms with Crippen LogP contribution < -0.4 is 31.1 Å². The maximum Gasteiger partial charge on any atom is 0.252 e. The average Bonchev–Trinajstić information content (AvgIpc) is 3.60. The number of fused-ring (bicyclic) bond motifs is 6. The maximum atomic E-state index is 2.73. The van der Waals surface area contributed by atoms with Crippen molar-refractivity contribution in [2.24, 2.45) is 0 Å². The van der Waals surface area contributed by atoms with Crippen LogP contribution in [0.15, 0.2) is 194 Å². The van der Waals surface area contributed by atoms with Crippen LogP contribution in [0.3, 0.4) is 0 Å². The van der Waals surface area contributed by atoms with Gasteiger partial charge < -0.3 is 14.7 Å². The number of rotatable bonds is 7. The van der Waals surface area contributed by atoms with Gasteiger partial charge in [-0.2, -0.15) is 0 Å². The van der Waals surface area contributed by atoms with E-state index in [1.165, 1.54) is 106 Å². The molecule has 4 aliphatic rings. The van der Waals surface area contributed by atoms with E-state index in [4.69, 9.17) is 0 Å². The highest BCUT2D eigenvalue weighted by Gasteiger charge is 2.49. The Morgan fingerprint density at radius 2 is 0.787 bits per heavy atom. The van der Waals surface area contributed by atoms with Crippen LogP contribution in [0.1, 0.15) is 108 Å². The van der Waals surface area contributed by atoms with Crippen molar-refractivity contribution in [3.05, 3.63) is 228 Å². The zero-order valence-corrected chi connectivity index (χ0v) is 45.5. The second-order valence-electron chi connectivity index (χ2n) is 24.9. The number of benzene rings is 9. The predicted octanol–water partition coefficient (Wildman–Crippen LogP) is 17.5. The summed E-state index contributed by atoms with van der Waals surface area (Å²) in [6.45, 7) is 24.4. The highest BCUT2D eigenvalue weighted by atomic mass is 15.2. The van der Waals surface area contributed by atoms with Crippen molar-refractivity contribution in [3.63, 3.8) is 0 Å². The molecule has 0 spiro atoms. The van der Waals surface area contributed by atoms with Crippen molar-refractivity contribution in [1.82, 2.24) is 0 Å². The molecule has 2 heterocycles. The molecule has 0 unspecified atom stereocenters. The molecule has 0 aromatic heterocycles. The molecule has 9 aromatic rings. The van der Waals surface area contributed by atoms with Gasteiger partial charge >= 0.3 is 0 Å². The summed E-state index contributed by atoms with van der Waals surface area (Å²) < 4.78 is 0. The zero-order valence-electron chi connectivity index (χ0n) is 45.5. The Morgan fingerprint density at radius 3 is 1.36 bits per heavy atom. The number of hydrogen-bond donors (Lipinski definition) is 0. The van der Waals surface area contributed by atoms with Crippen LogP contribution in [-0.4, -0.2) is 6.71 Å². The summed E-state index contributed by atoms with van der Waals surface area (Å²) in [5.41, 5.74) is 28.1. The van der Waals surface area contributed by atoms with Gasteiger partial charge in [0.2, 0.25) is 0 Å². The lowest BCUT2D eigenvalue weighted by Crippen LogP contribution is -2.62. The lowest BCUT2D eigenvalue weighted by Gasteiger charge is -2.48. The molecule has 0 saturated heterocycles. The Balaban J connectivity index is 1.20. The monoisotopic (exact) mass is 974 g/mol. The van der Waals surface area contributed by atoms with Gasteiger partial charge in [-0.1, -0.05) is 189 Å². The van der Waals surface area contributed by atoms with E-state index in [2.05, 4.69) is 278 Å². The molecule has 0 N–H and O–H groups in total. The van der Waals surface area contributed by atoms with E-state index in [1.54, 1.807) is 0 Å². The number of nitrogens with zero attached hydrogens (tertiary/aromatic N) is 3. The lowest BCUT2D eigenvalue weighted by atomic mass is 9.33. The van der Waals surface area contributed by atoms with Gasteiger partial charge in [0.1, 0.15) is 0 Å². The van der Waals surface area contributed by atoms with Crippen LogP contribution >= 0.6 is 0 Å². The quantitative estimate of drug-likeness (QED) is 0.147. The van der Waals surface area contributed by atoms with Crippen LogP contribution in [0.5, 0.6) is 0 Å². The van der Waals surface area contributed by atoms with Gasteiger partial charge in [-0.3, -0.25) is 0 Å². The van der Waals surface area contributed by atoms with Crippen LogP contribution in [-0.2, 0) is 21.7 Å². The standard InChI is InChI=1S/C71H68BN3/c1-46-31-32-51(49-25-17-12-18-26-49)39-62(46)74-61-34-33-50(48-23-15-11-16-24-48)38-59(61)72-60-42-56-57(69(5,6)36-35-68(56,3)4)44-64(60)75(63-43-58-55(37-47(63)2)70(7,8)45-71(58,9)10)66-41-54(40-65(74)67(66)72)73(52-27-19-13-20-28-52)53-29-21-14-22-30-53/h11-34,37-44H,35-36,45H2,1-10H3. The van der Waals surface area contributed by atoms with Crippen molar-refractivity contribution < 1.29 is 0 Å². The van der Waals surface area contributed by atoms with Gasteiger partial charge in [0, 0.05) is 45.5 Å². The van der Waals surface area contributed by atoms with E-state index < -0.39 is 0 Å². The molecule has 0 fully saturated rings. The van der Waals surface area contributed by atoms with Gasteiger partial charge in [-0.05, 0) is 187 Å². The fraction of sp³-hybridized carbons (Fsp3) is 0.239. The van der Waals surface area contributed by atoms with E-state index >= 15 is 0 Å². The summed E-state index contributed by atoms with van der Waals surface area (Å²) in [6.07, 6.45) is 3.40. The van der Waals surface area contributed by atoms with Crippen molar-refractivity contribution >= 4 is 74.3 Å². The van der Waals surface area contributed by atoms with E-state index in [0.717, 1.165) is 36.3 Å². The molecule has 13 rings (SSSR count). The van der Waals surface area contributed by atoms with Crippen molar-refractivity contribution in [1.29, 1.82) is 0 Å². The molecular weight excluding hydrogens is 906 g/mol. The molecule has 0 atom stereocenters. The molecule has 0 amide bonds. The summed E-state index contributed by atoms with van der Waals surface area (Å²) in [5.74, 6) is 0. The fourth-order valence-corrected chi connectivity index (χ4v) is 14.1. The van der Waals surface area contributed by atoms with Crippen LogP contribution in [0.2, 0.25) is 0 Å². The molecule has 0 saturated carbocycles. The van der Waals surface area contributed by atoms with E-state index in [0.29, 0.717) is 0 Å². The van der Waals surface area contributed by atoms with Gasteiger partial charge in [0.15, 0.2) is 0 Å². The Labute approximate surface area is 446 Å². The second kappa shape index (κ2) is 17.0. The normalized spacial score (nSPS) is 16.9. The SMILES string of the molecule is Cc1ccc(-c2ccccc2)cc1N1c2ccc(-c3ccccc3)cc2B2c3cc4c(cc3N(c3cc5c(cc3C)C(C)(C)CC5(C)C)c3cc(N(c5ccccc5)c5ccccc5)cc1c32)C(C)(C)CCC4(C)C. The minimum atomic E-state index is -0.0685. The highest BCUT2D eigenvalue weighted by Crippen LogP contribution is 2.56. The third-order valence-electron chi connectivity index (χ3n) is 17.9. The summed E-state index contributed by atoms with van der Waals surface area (Å²) in [5, 5.41) is 0. The largest absolute Gasteiger partial charge is 0.311 e. The minimum absolute atomic E-state index is 0.00169. The third kappa shape index (κ3) is 7.53. The van der Waals surface area contributed by atoms with Crippen molar-refractivity contribution in [3.8, 4) is 22.3 Å². The summed E-state index contributed by atoms with van der Waals surface area (Å²) in [6, 6.07) is 73.8. The molecule has 0 radical (unpaired) electrons. The minimum Gasteiger partial charge on any atom is -0.311 e. The fourth-order valence-electron chi connectivity index (χ4n) is 14.1. The van der Waals surface area contributed by atoms with Gasteiger partial charge in [-0.15, -0.1) is 0 Å². The first-order valence-corrected chi connectivity index (χ1v) is 27.4. The Morgan fingerprint density at radius 1 is 0.347 bits per heavy atom. The number of anilines is 9. The van der Waals surface area contributed by atoms with Gasteiger partial charge in [0.05, 0.1) is 5.69 Å². The maximum absolute atomic E-state index is 2.73. The molecular formula is C71H68BN3. The number of para-hydroxylation sites is 2. The first-order valence-electron chi connectivity index (χ1n) is 27.4. The zero-order chi connectivity index (χ0) is 51.8. The molecule has 75 heavy (non-hydrogen) atoms. The van der Waals surface area contributed by atoms with Crippen LogP contribution in [0.4, 0.5) is 51.2 Å². The molecule has 0 bridgehead atoms. The summed E-state index contributed by atoms with van der Waals surface area (Å²) >= 11 is 0. The smallest absolute Gasteiger partial charge is 0.252 e. The Kier molecular flexibility index (Phi) is 10.7. The van der Waals surface area contributed by atoms with E-state index in [1.807, 2.05) is 0 Å².